The average Bonchev–Trinajstić information content (AvgIpc) is 3.90. The molecule has 0 radical (unpaired) electrons. The Balaban J connectivity index is 1.09. The van der Waals surface area contributed by atoms with Gasteiger partial charge in [0.05, 0.1) is 16.7 Å². The van der Waals surface area contributed by atoms with Gasteiger partial charge in [0, 0.05) is 44.6 Å². The fraction of sp³-hybridized carbons (Fsp3) is 0.0154. The van der Waals surface area contributed by atoms with Crippen molar-refractivity contribution in [1.82, 2.24) is 4.57 Å². The van der Waals surface area contributed by atoms with E-state index in [4.69, 9.17) is 0 Å². The first-order valence-corrected chi connectivity index (χ1v) is 23.4. The fourth-order valence-electron chi connectivity index (χ4n) is 11.1. The van der Waals surface area contributed by atoms with Crippen molar-refractivity contribution in [1.29, 1.82) is 0 Å². The highest BCUT2D eigenvalue weighted by molar-refractivity contribution is 6.11. The first kappa shape index (κ1) is 39.4. The molecule has 0 aliphatic heterocycles. The Morgan fingerprint density at radius 3 is 1.68 bits per heavy atom. The molecule has 68 heavy (non-hydrogen) atoms. The van der Waals surface area contributed by atoms with Crippen molar-refractivity contribution in [3.8, 4) is 27.9 Å². The lowest BCUT2D eigenvalue weighted by atomic mass is 9.78. The van der Waals surface area contributed by atoms with Crippen molar-refractivity contribution in [3.63, 3.8) is 0 Å². The summed E-state index contributed by atoms with van der Waals surface area (Å²) in [5, 5.41) is 4.88. The summed E-state index contributed by atoms with van der Waals surface area (Å²) in [5.74, 6) is 0. The molecule has 3 nitrogen and oxygen atoms in total. The fourth-order valence-corrected chi connectivity index (χ4v) is 11.1. The Morgan fingerprint density at radius 2 is 0.868 bits per heavy atom. The normalized spacial score (nSPS) is 13.9. The summed E-state index contributed by atoms with van der Waals surface area (Å²) in [6.07, 6.45) is 0. The van der Waals surface area contributed by atoms with Crippen LogP contribution in [0.3, 0.4) is 0 Å². The number of benzene rings is 11. The van der Waals surface area contributed by atoms with Crippen LogP contribution in [0.4, 0.5) is 28.4 Å². The second-order valence-corrected chi connectivity index (χ2v) is 17.7. The van der Waals surface area contributed by atoms with Gasteiger partial charge in [0.15, 0.2) is 0 Å². The van der Waals surface area contributed by atoms with E-state index >= 15 is 0 Å². The molecule has 0 spiro atoms. The smallest absolute Gasteiger partial charge is 0.122 e. The van der Waals surface area contributed by atoms with E-state index in [2.05, 4.69) is 287 Å². The van der Waals surface area contributed by atoms with Gasteiger partial charge in [-0.25, -0.2) is 0 Å². The lowest BCUT2D eigenvalue weighted by Crippen LogP contribution is -2.44. The lowest BCUT2D eigenvalue weighted by molar-refractivity contribution is 0.644. The molecule has 1 aromatic heterocycles. The lowest BCUT2D eigenvalue weighted by Gasteiger charge is -2.45. The Morgan fingerprint density at radius 1 is 0.309 bits per heavy atom. The maximum Gasteiger partial charge on any atom is 0.122 e. The second kappa shape index (κ2) is 16.2. The van der Waals surface area contributed by atoms with E-state index in [1.54, 1.807) is 0 Å². The number of anilines is 5. The topological polar surface area (TPSA) is 11.4 Å². The standard InChI is InChI=1S/C65H45N3/c1-5-21-46(22-6-1)48-25-19-32-54(43-48)68(51-30-11-4-12-31-51)65(49-26-7-2-8-27-49)60-36-17-15-34-56(60)57-41-39-52(44-61(57)65)66(50-28-9-3-10-29-50)53-40-42-59-58-35-16-18-37-63(58)67(64(59)45-53)62-38-20-24-47-23-13-14-33-55(47)62/h1-45H. The van der Waals surface area contributed by atoms with Gasteiger partial charge in [0.25, 0.3) is 0 Å². The third-order valence-electron chi connectivity index (χ3n) is 13.9. The minimum Gasteiger partial charge on any atom is -0.323 e. The molecule has 0 saturated heterocycles. The Kier molecular flexibility index (Phi) is 9.40. The number of para-hydroxylation sites is 3. The molecule has 0 saturated carbocycles. The summed E-state index contributed by atoms with van der Waals surface area (Å²) in [7, 11) is 0. The molecule has 3 heteroatoms. The van der Waals surface area contributed by atoms with Gasteiger partial charge in [0.1, 0.15) is 5.54 Å². The summed E-state index contributed by atoms with van der Waals surface area (Å²) >= 11 is 0. The second-order valence-electron chi connectivity index (χ2n) is 17.7. The van der Waals surface area contributed by atoms with Gasteiger partial charge >= 0.3 is 0 Å². The predicted molar refractivity (Wildman–Crippen MR) is 285 cm³/mol. The van der Waals surface area contributed by atoms with Crippen molar-refractivity contribution < 1.29 is 0 Å². The highest BCUT2D eigenvalue weighted by atomic mass is 15.2. The van der Waals surface area contributed by atoms with Crippen LogP contribution in [0.1, 0.15) is 16.7 Å². The summed E-state index contributed by atoms with van der Waals surface area (Å²) < 4.78 is 2.46. The number of hydrogen-bond acceptors (Lipinski definition) is 2. The summed E-state index contributed by atoms with van der Waals surface area (Å²) in [5.41, 5.74) is 16.6. The number of rotatable bonds is 9. The van der Waals surface area contributed by atoms with E-state index in [0.717, 1.165) is 39.6 Å². The first-order valence-electron chi connectivity index (χ1n) is 23.4. The van der Waals surface area contributed by atoms with E-state index < -0.39 is 5.54 Å². The van der Waals surface area contributed by atoms with Gasteiger partial charge in [-0.15, -0.1) is 0 Å². The monoisotopic (exact) mass is 867 g/mol. The van der Waals surface area contributed by atoms with Crippen LogP contribution in [0.2, 0.25) is 0 Å². The van der Waals surface area contributed by atoms with Crippen LogP contribution >= 0.6 is 0 Å². The molecular formula is C65H45N3. The van der Waals surface area contributed by atoms with Crippen LogP contribution in [0.15, 0.2) is 273 Å². The molecule has 13 rings (SSSR count). The summed E-state index contributed by atoms with van der Waals surface area (Å²) in [4.78, 5) is 5.03. The van der Waals surface area contributed by atoms with Crippen molar-refractivity contribution in [2.45, 2.75) is 5.54 Å². The number of aromatic nitrogens is 1. The zero-order valence-electron chi connectivity index (χ0n) is 37.3. The Labute approximate surface area is 396 Å². The zero-order chi connectivity index (χ0) is 45.0. The highest BCUT2D eigenvalue weighted by Gasteiger charge is 2.50. The number of hydrogen-bond donors (Lipinski definition) is 0. The predicted octanol–water partition coefficient (Wildman–Crippen LogP) is 17.2. The van der Waals surface area contributed by atoms with Crippen LogP contribution in [0.25, 0.3) is 60.5 Å². The Hall–Kier alpha value is -8.92. The van der Waals surface area contributed by atoms with Crippen LogP contribution in [0.5, 0.6) is 0 Å². The molecule has 1 aliphatic rings. The quantitative estimate of drug-likeness (QED) is 0.143. The third-order valence-corrected chi connectivity index (χ3v) is 13.9. The average molecular weight is 868 g/mol. The van der Waals surface area contributed by atoms with Crippen molar-refractivity contribution in [3.05, 3.63) is 290 Å². The number of fused-ring (bicyclic) bond motifs is 7. The zero-order valence-corrected chi connectivity index (χ0v) is 37.3. The van der Waals surface area contributed by atoms with Gasteiger partial charge in [-0.2, -0.15) is 0 Å². The maximum atomic E-state index is 2.59. The van der Waals surface area contributed by atoms with E-state index in [-0.39, 0.29) is 0 Å². The minimum atomic E-state index is -0.785. The van der Waals surface area contributed by atoms with Gasteiger partial charge < -0.3 is 14.4 Å². The molecule has 1 atom stereocenters. The molecule has 1 heterocycles. The van der Waals surface area contributed by atoms with E-state index in [1.165, 1.54) is 66.0 Å². The van der Waals surface area contributed by atoms with Crippen LogP contribution in [-0.2, 0) is 5.54 Å². The van der Waals surface area contributed by atoms with E-state index in [1.807, 2.05) is 0 Å². The van der Waals surface area contributed by atoms with E-state index in [0.29, 0.717) is 0 Å². The van der Waals surface area contributed by atoms with Crippen LogP contribution in [-0.4, -0.2) is 4.57 Å². The minimum absolute atomic E-state index is 0.785. The largest absolute Gasteiger partial charge is 0.323 e. The van der Waals surface area contributed by atoms with Crippen LogP contribution in [0, 0.1) is 0 Å². The third kappa shape index (κ3) is 6.21. The summed E-state index contributed by atoms with van der Waals surface area (Å²) in [6.45, 7) is 0. The van der Waals surface area contributed by atoms with E-state index in [9.17, 15) is 0 Å². The van der Waals surface area contributed by atoms with Gasteiger partial charge in [-0.05, 0) is 117 Å². The van der Waals surface area contributed by atoms with Gasteiger partial charge in [-0.3, -0.25) is 0 Å². The Bertz CT molecular complexity index is 3800. The van der Waals surface area contributed by atoms with Gasteiger partial charge in [-0.1, -0.05) is 200 Å². The first-order chi connectivity index (χ1) is 33.8. The molecule has 1 unspecified atom stereocenters. The molecule has 0 N–H and O–H groups in total. The highest BCUT2D eigenvalue weighted by Crippen LogP contribution is 2.59. The van der Waals surface area contributed by atoms with Crippen molar-refractivity contribution in [2.24, 2.45) is 0 Å². The SMILES string of the molecule is c1ccc(-c2cccc(N(c3ccccc3)C3(c4ccccc4)c4ccccc4-c4ccc(N(c5ccccc5)c5ccc6c7ccccc7n(-c7cccc8ccccc78)c6c5)cc43)c2)cc1. The molecule has 0 bridgehead atoms. The number of nitrogens with zero attached hydrogens (tertiary/aromatic N) is 3. The molecule has 11 aromatic carbocycles. The maximum absolute atomic E-state index is 2.59. The van der Waals surface area contributed by atoms with Crippen molar-refractivity contribution >= 4 is 61.0 Å². The van der Waals surface area contributed by atoms with Crippen LogP contribution < -0.4 is 9.80 Å². The molecule has 0 fully saturated rings. The molecule has 0 amide bonds. The molecule has 12 aromatic rings. The molecule has 320 valence electrons. The molecular weight excluding hydrogens is 823 g/mol. The molecule has 1 aliphatic carbocycles. The van der Waals surface area contributed by atoms with Gasteiger partial charge in [0.2, 0.25) is 0 Å². The van der Waals surface area contributed by atoms with Crippen molar-refractivity contribution in [2.75, 3.05) is 9.80 Å². The summed E-state index contributed by atoms with van der Waals surface area (Å²) in [6, 6.07) is 100.0.